The predicted molar refractivity (Wildman–Crippen MR) is 169 cm³/mol. The standard InChI is InChI=1S/C32H37BrN8/c1-31(2,3)26(34)28-35-17-24(39-28)21-11-7-19(8-12-21)20-9-13-22(14-10-20)25-18-36-29(40-25)27(32(4,5)6)41-30-37-15-23(33)16-38-30/h7-18,26-27H,34H2,1-6H3,(H,35,39)(H,36,40)(H,37,38,41). The normalized spacial score (nSPS) is 13.7. The lowest BCUT2D eigenvalue weighted by atomic mass is 9.86. The summed E-state index contributed by atoms with van der Waals surface area (Å²) in [6, 6.07) is 16.6. The molecule has 5 aromatic rings. The van der Waals surface area contributed by atoms with Gasteiger partial charge in [0.05, 0.1) is 27.9 Å². The quantitative estimate of drug-likeness (QED) is 0.148. The van der Waals surface area contributed by atoms with Crippen LogP contribution in [0.4, 0.5) is 5.95 Å². The first-order chi connectivity index (χ1) is 19.4. The van der Waals surface area contributed by atoms with Gasteiger partial charge in [-0.05, 0) is 37.9 Å². The Hall–Kier alpha value is -3.82. The lowest BCUT2D eigenvalue weighted by Gasteiger charge is -2.29. The van der Waals surface area contributed by atoms with Crippen LogP contribution >= 0.6 is 15.9 Å². The van der Waals surface area contributed by atoms with E-state index < -0.39 is 0 Å². The van der Waals surface area contributed by atoms with Crippen molar-refractivity contribution in [2.75, 3.05) is 5.32 Å². The molecule has 41 heavy (non-hydrogen) atoms. The number of aromatic nitrogens is 6. The first kappa shape index (κ1) is 28.7. The Bertz CT molecular complexity index is 1590. The molecule has 9 heteroatoms. The van der Waals surface area contributed by atoms with Gasteiger partial charge < -0.3 is 21.0 Å². The SMILES string of the molecule is CC(C)(C)C(N)c1nc(-c2ccc(-c3ccc(-c4c[nH]c(C(Nc5ncc(Br)cn5)C(C)(C)C)n4)cc3)cc2)c[nH]1. The second-order valence-corrected chi connectivity index (χ2v) is 13.4. The number of nitrogens with two attached hydrogens (primary N) is 1. The minimum atomic E-state index is -0.157. The first-order valence-corrected chi connectivity index (χ1v) is 14.5. The molecule has 3 aromatic heterocycles. The molecule has 0 spiro atoms. The number of nitrogens with one attached hydrogen (secondary N) is 3. The largest absolute Gasteiger partial charge is 0.347 e. The molecule has 0 aliphatic carbocycles. The zero-order valence-electron chi connectivity index (χ0n) is 24.3. The van der Waals surface area contributed by atoms with Gasteiger partial charge in [-0.3, -0.25) is 0 Å². The fourth-order valence-electron chi connectivity index (χ4n) is 4.56. The summed E-state index contributed by atoms with van der Waals surface area (Å²) in [6.45, 7) is 12.8. The maximum Gasteiger partial charge on any atom is 0.223 e. The van der Waals surface area contributed by atoms with Crippen molar-refractivity contribution in [3.05, 3.63) is 89.4 Å². The summed E-state index contributed by atoms with van der Waals surface area (Å²) in [7, 11) is 0. The van der Waals surface area contributed by atoms with Crippen molar-refractivity contribution in [3.63, 3.8) is 0 Å². The highest BCUT2D eigenvalue weighted by Crippen LogP contribution is 2.35. The van der Waals surface area contributed by atoms with Gasteiger partial charge in [-0.2, -0.15) is 0 Å². The van der Waals surface area contributed by atoms with Crippen molar-refractivity contribution in [1.29, 1.82) is 0 Å². The maximum atomic E-state index is 6.38. The third kappa shape index (κ3) is 6.57. The van der Waals surface area contributed by atoms with E-state index in [2.05, 4.69) is 131 Å². The summed E-state index contributed by atoms with van der Waals surface area (Å²) >= 11 is 3.39. The van der Waals surface area contributed by atoms with Crippen LogP contribution in [0.3, 0.4) is 0 Å². The fourth-order valence-corrected chi connectivity index (χ4v) is 4.77. The number of anilines is 1. The van der Waals surface area contributed by atoms with Gasteiger partial charge in [0.15, 0.2) is 0 Å². The van der Waals surface area contributed by atoms with Crippen molar-refractivity contribution < 1.29 is 0 Å². The number of imidazole rings is 2. The van der Waals surface area contributed by atoms with Crippen molar-refractivity contribution >= 4 is 21.9 Å². The highest BCUT2D eigenvalue weighted by atomic mass is 79.9. The number of benzene rings is 2. The van der Waals surface area contributed by atoms with Gasteiger partial charge in [0.1, 0.15) is 11.6 Å². The molecule has 0 aliphatic rings. The van der Waals surface area contributed by atoms with Crippen LogP contribution in [0.5, 0.6) is 0 Å². The van der Waals surface area contributed by atoms with Crippen LogP contribution < -0.4 is 11.1 Å². The molecule has 0 radical (unpaired) electrons. The van der Waals surface area contributed by atoms with E-state index in [1.807, 2.05) is 12.4 Å². The molecule has 0 fully saturated rings. The molecule has 212 valence electrons. The van der Waals surface area contributed by atoms with E-state index >= 15 is 0 Å². The van der Waals surface area contributed by atoms with E-state index in [0.717, 1.165) is 49.8 Å². The molecule has 2 unspecified atom stereocenters. The third-order valence-electron chi connectivity index (χ3n) is 7.15. The van der Waals surface area contributed by atoms with Gasteiger partial charge in [0, 0.05) is 35.9 Å². The van der Waals surface area contributed by atoms with Crippen LogP contribution in [-0.4, -0.2) is 29.9 Å². The Balaban J connectivity index is 1.31. The van der Waals surface area contributed by atoms with Crippen LogP contribution in [0.25, 0.3) is 33.6 Å². The highest BCUT2D eigenvalue weighted by molar-refractivity contribution is 9.10. The van der Waals surface area contributed by atoms with E-state index in [4.69, 9.17) is 15.7 Å². The number of H-pyrrole nitrogens is 2. The van der Waals surface area contributed by atoms with Gasteiger partial charge in [0.25, 0.3) is 0 Å². The Labute approximate surface area is 249 Å². The van der Waals surface area contributed by atoms with Gasteiger partial charge in [0.2, 0.25) is 5.95 Å². The monoisotopic (exact) mass is 612 g/mol. The number of nitrogens with zero attached hydrogens (tertiary/aromatic N) is 4. The molecule has 0 aliphatic heterocycles. The number of hydrogen-bond donors (Lipinski definition) is 4. The van der Waals surface area contributed by atoms with E-state index in [0.29, 0.717) is 5.95 Å². The molecule has 2 aromatic carbocycles. The molecule has 3 heterocycles. The van der Waals surface area contributed by atoms with Crippen molar-refractivity contribution in [3.8, 4) is 33.6 Å². The summed E-state index contributed by atoms with van der Waals surface area (Å²) in [6.07, 6.45) is 7.34. The highest BCUT2D eigenvalue weighted by Gasteiger charge is 2.30. The Morgan fingerprint density at radius 3 is 1.59 bits per heavy atom. The summed E-state index contributed by atoms with van der Waals surface area (Å²) < 4.78 is 0.836. The molecule has 5 N–H and O–H groups in total. The smallest absolute Gasteiger partial charge is 0.223 e. The van der Waals surface area contributed by atoms with Crippen LogP contribution in [0.15, 0.2) is 77.8 Å². The van der Waals surface area contributed by atoms with Gasteiger partial charge in [-0.25, -0.2) is 19.9 Å². The van der Waals surface area contributed by atoms with Crippen LogP contribution in [0.2, 0.25) is 0 Å². The molecule has 8 nitrogen and oxygen atoms in total. The summed E-state index contributed by atoms with van der Waals surface area (Å²) in [4.78, 5) is 25.1. The molecular formula is C32H37BrN8. The zero-order valence-corrected chi connectivity index (χ0v) is 25.9. The number of rotatable bonds is 7. The average Bonchev–Trinajstić information content (AvgIpc) is 3.62. The Morgan fingerprint density at radius 1 is 0.683 bits per heavy atom. The van der Waals surface area contributed by atoms with Crippen molar-refractivity contribution in [2.45, 2.75) is 53.6 Å². The van der Waals surface area contributed by atoms with E-state index in [9.17, 15) is 0 Å². The van der Waals surface area contributed by atoms with Gasteiger partial charge in [-0.15, -0.1) is 0 Å². The van der Waals surface area contributed by atoms with Gasteiger partial charge >= 0.3 is 0 Å². The second-order valence-electron chi connectivity index (χ2n) is 12.5. The molecular weight excluding hydrogens is 576 g/mol. The fraction of sp³-hybridized carbons (Fsp3) is 0.312. The molecule has 0 saturated carbocycles. The first-order valence-electron chi connectivity index (χ1n) is 13.7. The van der Waals surface area contributed by atoms with Gasteiger partial charge in [-0.1, -0.05) is 90.1 Å². The topological polar surface area (TPSA) is 121 Å². The maximum absolute atomic E-state index is 6.38. The average molecular weight is 614 g/mol. The van der Waals surface area contributed by atoms with Crippen LogP contribution in [0.1, 0.15) is 65.3 Å². The van der Waals surface area contributed by atoms with Crippen LogP contribution in [0, 0.1) is 10.8 Å². The number of hydrogen-bond acceptors (Lipinski definition) is 6. The number of aromatic amines is 2. The number of halogens is 1. The lowest BCUT2D eigenvalue weighted by Crippen LogP contribution is -2.27. The zero-order chi connectivity index (χ0) is 29.4. The minimum Gasteiger partial charge on any atom is -0.347 e. The third-order valence-corrected chi connectivity index (χ3v) is 7.56. The van der Waals surface area contributed by atoms with Crippen molar-refractivity contribution in [1.82, 2.24) is 29.9 Å². The Morgan fingerprint density at radius 2 is 1.12 bits per heavy atom. The summed E-state index contributed by atoms with van der Waals surface area (Å²) in [5, 5.41) is 3.44. The molecule has 5 rings (SSSR count). The lowest BCUT2D eigenvalue weighted by molar-refractivity contribution is 0.317. The molecule has 0 amide bonds. The molecule has 0 saturated heterocycles. The van der Waals surface area contributed by atoms with Crippen molar-refractivity contribution in [2.24, 2.45) is 16.6 Å². The summed E-state index contributed by atoms with van der Waals surface area (Å²) in [5.41, 5.74) is 12.3. The molecule has 0 bridgehead atoms. The minimum absolute atomic E-state index is 0.0667. The predicted octanol–water partition coefficient (Wildman–Crippen LogP) is 7.93. The van der Waals surface area contributed by atoms with Crippen LogP contribution in [-0.2, 0) is 0 Å². The van der Waals surface area contributed by atoms with E-state index in [1.165, 1.54) is 0 Å². The Kier molecular flexibility index (Phi) is 7.85. The van der Waals surface area contributed by atoms with E-state index in [1.54, 1.807) is 12.4 Å². The summed E-state index contributed by atoms with van der Waals surface area (Å²) in [5.74, 6) is 2.20. The van der Waals surface area contributed by atoms with E-state index in [-0.39, 0.29) is 22.9 Å². The second kappa shape index (κ2) is 11.2. The molecule has 2 atom stereocenters.